The first kappa shape index (κ1) is 14.8. The number of ether oxygens (including phenoxy) is 1. The Morgan fingerprint density at radius 3 is 2.31 bits per heavy atom. The van der Waals surface area contributed by atoms with Gasteiger partial charge in [0.15, 0.2) is 5.25 Å². The third-order valence-electron chi connectivity index (χ3n) is 1.62. The minimum Gasteiger partial charge on any atom is -0.550 e. The van der Waals surface area contributed by atoms with Gasteiger partial charge in [0.25, 0.3) is 10.1 Å². The molecule has 0 aliphatic rings. The topological polar surface area (TPSA) is 147 Å². The normalized spacial score (nSPS) is 15.2. The first-order valence-corrected chi connectivity index (χ1v) is 5.75. The molecule has 0 rings (SSSR count). The molecule has 0 aliphatic carbocycles. The zero-order valence-corrected chi connectivity index (χ0v) is 9.27. The Labute approximate surface area is 92.1 Å². The molecule has 0 saturated heterocycles. The first-order valence-electron chi connectivity index (χ1n) is 4.25. The van der Waals surface area contributed by atoms with Crippen molar-refractivity contribution in [1.82, 2.24) is 0 Å². The van der Waals surface area contributed by atoms with E-state index >= 15 is 0 Å². The minimum absolute atomic E-state index is 0.0603. The van der Waals surface area contributed by atoms with E-state index in [0.717, 1.165) is 0 Å². The fourth-order valence-electron chi connectivity index (χ4n) is 0.784. The summed E-state index contributed by atoms with van der Waals surface area (Å²) in [6.45, 7) is 1.33. The number of nitrogens with two attached hydrogens (primary N) is 1. The highest BCUT2D eigenvalue weighted by atomic mass is 32.2. The quantitative estimate of drug-likeness (QED) is 0.383. The number of hydrogen-bond donors (Lipinski definition) is 2. The lowest BCUT2D eigenvalue weighted by Gasteiger charge is -2.16. The van der Waals surface area contributed by atoms with Crippen LogP contribution in [0.2, 0.25) is 0 Å². The summed E-state index contributed by atoms with van der Waals surface area (Å²) < 4.78 is 34.5. The molecule has 8 nitrogen and oxygen atoms in total. The third kappa shape index (κ3) is 5.05. The van der Waals surface area contributed by atoms with E-state index in [1.807, 2.05) is 0 Å². The summed E-state index contributed by atoms with van der Waals surface area (Å²) in [6, 6.07) is 0. The second-order valence-electron chi connectivity index (χ2n) is 3.06. The number of rotatable bonds is 6. The van der Waals surface area contributed by atoms with Crippen LogP contribution in [0.1, 0.15) is 13.3 Å². The summed E-state index contributed by atoms with van der Waals surface area (Å²) >= 11 is 0. The predicted octanol–water partition coefficient (Wildman–Crippen LogP) is -2.73. The lowest BCUT2D eigenvalue weighted by Crippen LogP contribution is -2.40. The van der Waals surface area contributed by atoms with E-state index < -0.39 is 39.8 Å². The molecule has 0 aromatic heterocycles. The highest BCUT2D eigenvalue weighted by Gasteiger charge is 2.33. The minimum atomic E-state index is -4.85. The molecule has 0 radical (unpaired) electrons. The molecule has 2 atom stereocenters. The maximum absolute atomic E-state index is 11.2. The smallest absolute Gasteiger partial charge is 0.327 e. The van der Waals surface area contributed by atoms with Gasteiger partial charge in [-0.25, -0.2) is 0 Å². The van der Waals surface area contributed by atoms with Crippen LogP contribution in [-0.2, 0) is 24.4 Å². The molecule has 0 bridgehead atoms. The zero-order chi connectivity index (χ0) is 12.9. The average molecular weight is 254 g/mol. The van der Waals surface area contributed by atoms with Crippen LogP contribution in [0.15, 0.2) is 0 Å². The lowest BCUT2D eigenvalue weighted by molar-refractivity contribution is -0.305. The van der Waals surface area contributed by atoms with Gasteiger partial charge in [-0.05, 0) is 6.92 Å². The number of carbonyl (C=O) groups excluding carboxylic acids is 2. The van der Waals surface area contributed by atoms with E-state index in [-0.39, 0.29) is 6.54 Å². The van der Waals surface area contributed by atoms with Crippen LogP contribution in [0.25, 0.3) is 0 Å². The van der Waals surface area contributed by atoms with Crippen molar-refractivity contribution in [3.63, 3.8) is 0 Å². The van der Waals surface area contributed by atoms with Gasteiger partial charge in [-0.2, -0.15) is 8.42 Å². The average Bonchev–Trinajstić information content (AvgIpc) is 2.11. The highest BCUT2D eigenvalue weighted by Crippen LogP contribution is 2.08. The molecule has 0 heterocycles. The molecule has 0 fully saturated rings. The van der Waals surface area contributed by atoms with Crippen LogP contribution in [0.4, 0.5) is 0 Å². The lowest BCUT2D eigenvalue weighted by atomic mass is 10.3. The summed E-state index contributed by atoms with van der Waals surface area (Å²) in [6.07, 6.45) is -1.95. The van der Waals surface area contributed by atoms with Crippen molar-refractivity contribution in [3.05, 3.63) is 0 Å². The number of carboxylic acid groups (broad SMARTS) is 1. The summed E-state index contributed by atoms with van der Waals surface area (Å²) in [5, 5.41) is 8.01. The van der Waals surface area contributed by atoms with Gasteiger partial charge in [-0.3, -0.25) is 9.35 Å². The number of hydrogen-bond acceptors (Lipinski definition) is 7. The van der Waals surface area contributed by atoms with Gasteiger partial charge in [-0.1, -0.05) is 0 Å². The van der Waals surface area contributed by atoms with Crippen molar-refractivity contribution in [2.24, 2.45) is 5.73 Å². The maximum Gasteiger partial charge on any atom is 0.327 e. The number of aliphatic carboxylic acids is 1. The van der Waals surface area contributed by atoms with Gasteiger partial charge in [0.1, 0.15) is 6.10 Å². The van der Waals surface area contributed by atoms with Gasteiger partial charge in [0.2, 0.25) is 0 Å². The highest BCUT2D eigenvalue weighted by molar-refractivity contribution is 7.87. The third-order valence-corrected chi connectivity index (χ3v) is 2.70. The van der Waals surface area contributed by atoms with E-state index in [0.29, 0.717) is 0 Å². The molecular weight excluding hydrogens is 242 g/mol. The van der Waals surface area contributed by atoms with Crippen LogP contribution < -0.4 is 10.8 Å². The molecule has 0 saturated carbocycles. The van der Waals surface area contributed by atoms with Crippen molar-refractivity contribution in [3.8, 4) is 0 Å². The molecule has 2 unspecified atom stereocenters. The van der Waals surface area contributed by atoms with Crippen molar-refractivity contribution in [2.45, 2.75) is 24.7 Å². The number of carboxylic acids is 1. The van der Waals surface area contributed by atoms with Gasteiger partial charge in [-0.15, -0.1) is 0 Å². The molecule has 3 N–H and O–H groups in total. The van der Waals surface area contributed by atoms with Crippen LogP contribution in [0.3, 0.4) is 0 Å². The van der Waals surface area contributed by atoms with Gasteiger partial charge < -0.3 is 20.4 Å². The summed E-state index contributed by atoms with van der Waals surface area (Å²) in [7, 11) is -4.85. The van der Waals surface area contributed by atoms with E-state index in [1.165, 1.54) is 6.92 Å². The summed E-state index contributed by atoms with van der Waals surface area (Å²) in [5.74, 6) is -3.16. The predicted molar refractivity (Wildman–Crippen MR) is 49.6 cm³/mol. The molecule has 0 spiro atoms. The molecule has 0 aromatic carbocycles. The van der Waals surface area contributed by atoms with Gasteiger partial charge >= 0.3 is 5.97 Å². The standard InChI is InChI=1S/C7H13NO7S/c1-4(3-8)15-7(11)5(2-6(9)10)16(12,13)14/h4-5H,2-3,8H2,1H3,(H,9,10)(H,12,13,14)/p-1. The molecular formula is C7H12NO7S-. The zero-order valence-electron chi connectivity index (χ0n) is 8.45. The Morgan fingerprint density at radius 2 is 2.00 bits per heavy atom. The van der Waals surface area contributed by atoms with E-state index in [2.05, 4.69) is 4.74 Å². The molecule has 0 amide bonds. The Morgan fingerprint density at radius 1 is 1.50 bits per heavy atom. The van der Waals surface area contributed by atoms with Gasteiger partial charge in [0.05, 0.1) is 0 Å². The fourth-order valence-corrected chi connectivity index (χ4v) is 1.43. The first-order chi connectivity index (χ1) is 7.18. The second-order valence-corrected chi connectivity index (χ2v) is 4.66. The Balaban J connectivity index is 4.78. The molecule has 0 aliphatic heterocycles. The Hall–Kier alpha value is -1.19. The Bertz CT molecular complexity index is 363. The van der Waals surface area contributed by atoms with Crippen LogP contribution in [0, 0.1) is 0 Å². The molecule has 9 heteroatoms. The maximum atomic E-state index is 11.2. The fraction of sp³-hybridized carbons (Fsp3) is 0.714. The molecule has 94 valence electrons. The van der Waals surface area contributed by atoms with E-state index in [9.17, 15) is 23.1 Å². The summed E-state index contributed by atoms with van der Waals surface area (Å²) in [5.41, 5.74) is 5.11. The van der Waals surface area contributed by atoms with Gasteiger partial charge in [0, 0.05) is 18.9 Å². The van der Waals surface area contributed by atoms with Crippen molar-refractivity contribution >= 4 is 22.1 Å². The van der Waals surface area contributed by atoms with E-state index in [4.69, 9.17) is 10.3 Å². The van der Waals surface area contributed by atoms with Crippen LogP contribution in [-0.4, -0.2) is 42.8 Å². The van der Waals surface area contributed by atoms with Crippen molar-refractivity contribution in [1.29, 1.82) is 0 Å². The largest absolute Gasteiger partial charge is 0.550 e. The molecule has 16 heavy (non-hydrogen) atoms. The number of esters is 1. The number of carbonyl (C=O) groups is 2. The SMILES string of the molecule is CC(CN)OC(=O)C(CC(=O)[O-])S(=O)(=O)O. The van der Waals surface area contributed by atoms with E-state index in [1.54, 1.807) is 0 Å². The van der Waals surface area contributed by atoms with Crippen molar-refractivity contribution in [2.75, 3.05) is 6.54 Å². The monoisotopic (exact) mass is 254 g/mol. The second kappa shape index (κ2) is 5.77. The molecule has 0 aromatic rings. The summed E-state index contributed by atoms with van der Waals surface area (Å²) in [4.78, 5) is 21.4. The van der Waals surface area contributed by atoms with Crippen LogP contribution >= 0.6 is 0 Å². The Kier molecular flexibility index (Phi) is 5.35. The van der Waals surface area contributed by atoms with Crippen LogP contribution in [0.5, 0.6) is 0 Å². The van der Waals surface area contributed by atoms with Crippen molar-refractivity contribution < 1.29 is 32.4 Å².